The number of carboxylic acid groups (broad SMARTS) is 1. The molecular weight excluding hydrogens is 432 g/mol. The maximum absolute atomic E-state index is 13.5. The Morgan fingerprint density at radius 2 is 1.59 bits per heavy atom. The van der Waals surface area contributed by atoms with Crippen LogP contribution in [0.15, 0.2) is 48.5 Å². The molecule has 1 aliphatic heterocycles. The molecule has 0 spiro atoms. The van der Waals surface area contributed by atoms with Crippen LogP contribution in [0, 0.1) is 0 Å². The lowest BCUT2D eigenvalue weighted by Gasteiger charge is -2.49. The van der Waals surface area contributed by atoms with Crippen molar-refractivity contribution in [2.24, 2.45) is 0 Å². The van der Waals surface area contributed by atoms with Crippen molar-refractivity contribution in [3.05, 3.63) is 59.7 Å². The normalized spacial score (nSPS) is 22.8. The molecule has 1 saturated carbocycles. The van der Waals surface area contributed by atoms with E-state index in [1.807, 2.05) is 24.3 Å². The van der Waals surface area contributed by atoms with Crippen molar-refractivity contribution >= 4 is 18.0 Å². The minimum absolute atomic E-state index is 0.0661. The van der Waals surface area contributed by atoms with Crippen molar-refractivity contribution < 1.29 is 24.2 Å². The average molecular weight is 463 g/mol. The summed E-state index contributed by atoms with van der Waals surface area (Å²) in [5.74, 6) is -1.38. The average Bonchev–Trinajstić information content (AvgIpc) is 3.13. The van der Waals surface area contributed by atoms with Crippen LogP contribution in [-0.2, 0) is 14.3 Å². The third kappa shape index (κ3) is 3.54. The number of carbonyl (C=O) groups excluding carboxylic acids is 2. The molecular formula is C27H30N2O5. The second-order valence-electron chi connectivity index (χ2n) is 9.88. The minimum Gasteiger partial charge on any atom is -0.480 e. The van der Waals surface area contributed by atoms with Crippen molar-refractivity contribution in [3.8, 4) is 11.1 Å². The number of ether oxygens (including phenoxy) is 1. The fourth-order valence-corrected chi connectivity index (χ4v) is 5.68. The highest BCUT2D eigenvalue weighted by Gasteiger charge is 2.54. The van der Waals surface area contributed by atoms with Gasteiger partial charge in [-0.15, -0.1) is 0 Å². The number of alkyl carbamates (subject to hydrolysis) is 1. The molecule has 1 saturated heterocycles. The zero-order valence-corrected chi connectivity index (χ0v) is 19.4. The molecule has 5 rings (SSSR count). The van der Waals surface area contributed by atoms with Crippen LogP contribution in [0.2, 0.25) is 0 Å². The summed E-state index contributed by atoms with van der Waals surface area (Å²) in [6, 6.07) is 16.2. The first-order valence-corrected chi connectivity index (χ1v) is 12.0. The second kappa shape index (κ2) is 8.46. The standard InChI is InChI=1S/C27H30N2O5/c1-26(24(31)32)13-6-7-16-29(26)23(30)27(14-8-15-27)28-25(33)34-17-22-20-11-4-2-9-18(20)19-10-3-5-12-21(19)22/h2-5,9-12,22H,6-8,13-17H2,1H3,(H,28,33)(H,31,32). The van der Waals surface area contributed by atoms with Gasteiger partial charge in [0.15, 0.2) is 0 Å². The number of aliphatic carboxylic acids is 1. The van der Waals surface area contributed by atoms with Crippen LogP contribution in [0.4, 0.5) is 4.79 Å². The van der Waals surface area contributed by atoms with Crippen LogP contribution in [0.5, 0.6) is 0 Å². The predicted octanol–water partition coefficient (Wildman–Crippen LogP) is 4.30. The zero-order valence-electron chi connectivity index (χ0n) is 19.4. The molecule has 34 heavy (non-hydrogen) atoms. The van der Waals surface area contributed by atoms with Crippen LogP contribution in [-0.4, -0.2) is 52.2 Å². The molecule has 178 valence electrons. The van der Waals surface area contributed by atoms with Gasteiger partial charge in [0.25, 0.3) is 0 Å². The fraction of sp³-hybridized carbons (Fsp3) is 0.444. The number of carbonyl (C=O) groups is 3. The van der Waals surface area contributed by atoms with Crippen LogP contribution < -0.4 is 5.32 Å². The molecule has 2 aliphatic carbocycles. The lowest BCUT2D eigenvalue weighted by Crippen LogP contribution is -2.69. The number of amides is 2. The molecule has 0 bridgehead atoms. The summed E-state index contributed by atoms with van der Waals surface area (Å²) in [5.41, 5.74) is 2.21. The Balaban J connectivity index is 1.30. The lowest BCUT2D eigenvalue weighted by molar-refractivity contribution is -0.165. The summed E-state index contributed by atoms with van der Waals surface area (Å²) in [6.45, 7) is 2.16. The number of piperidine rings is 1. The number of nitrogens with zero attached hydrogens (tertiary/aromatic N) is 1. The predicted molar refractivity (Wildman–Crippen MR) is 126 cm³/mol. The molecule has 7 heteroatoms. The van der Waals surface area contributed by atoms with Gasteiger partial charge >= 0.3 is 12.1 Å². The Morgan fingerprint density at radius 3 is 2.15 bits per heavy atom. The van der Waals surface area contributed by atoms with Gasteiger partial charge in [-0.05, 0) is 67.7 Å². The fourth-order valence-electron chi connectivity index (χ4n) is 5.68. The molecule has 3 aliphatic rings. The van der Waals surface area contributed by atoms with Gasteiger partial charge in [-0.25, -0.2) is 9.59 Å². The van der Waals surface area contributed by atoms with Gasteiger partial charge < -0.3 is 20.1 Å². The number of fused-ring (bicyclic) bond motifs is 3. The van der Waals surface area contributed by atoms with E-state index in [0.29, 0.717) is 25.8 Å². The topological polar surface area (TPSA) is 95.9 Å². The van der Waals surface area contributed by atoms with Crippen LogP contribution in [0.3, 0.4) is 0 Å². The number of likely N-dealkylation sites (tertiary alicyclic amines) is 1. The van der Waals surface area contributed by atoms with E-state index in [0.717, 1.165) is 41.5 Å². The van der Waals surface area contributed by atoms with E-state index in [1.165, 1.54) is 4.90 Å². The number of hydrogen-bond donors (Lipinski definition) is 2. The van der Waals surface area contributed by atoms with E-state index in [4.69, 9.17) is 4.74 Å². The van der Waals surface area contributed by atoms with Crippen molar-refractivity contribution in [2.45, 2.75) is 62.4 Å². The molecule has 2 aromatic rings. The molecule has 1 heterocycles. The Morgan fingerprint density at radius 1 is 0.971 bits per heavy atom. The summed E-state index contributed by atoms with van der Waals surface area (Å²) >= 11 is 0. The summed E-state index contributed by atoms with van der Waals surface area (Å²) < 4.78 is 5.67. The van der Waals surface area contributed by atoms with E-state index in [2.05, 4.69) is 29.6 Å². The van der Waals surface area contributed by atoms with E-state index in [9.17, 15) is 19.5 Å². The highest BCUT2D eigenvalue weighted by atomic mass is 16.5. The molecule has 1 unspecified atom stereocenters. The van der Waals surface area contributed by atoms with Gasteiger partial charge in [0, 0.05) is 12.5 Å². The lowest BCUT2D eigenvalue weighted by atomic mass is 9.74. The SMILES string of the molecule is CC1(C(=O)O)CCCCN1C(=O)C1(NC(=O)OCC2c3ccccc3-c3ccccc32)CCC1. The minimum atomic E-state index is -1.25. The number of nitrogens with one attached hydrogen (secondary N) is 1. The van der Waals surface area contributed by atoms with Gasteiger partial charge in [-0.2, -0.15) is 0 Å². The first kappa shape index (κ1) is 22.4. The third-order valence-corrected chi connectivity index (χ3v) is 7.90. The van der Waals surface area contributed by atoms with Gasteiger partial charge in [-0.3, -0.25) is 4.79 Å². The molecule has 2 fully saturated rings. The molecule has 0 aromatic heterocycles. The van der Waals surface area contributed by atoms with Crippen molar-refractivity contribution in [3.63, 3.8) is 0 Å². The van der Waals surface area contributed by atoms with Crippen molar-refractivity contribution in [1.82, 2.24) is 10.2 Å². The summed E-state index contributed by atoms with van der Waals surface area (Å²) in [5, 5.41) is 12.6. The maximum Gasteiger partial charge on any atom is 0.408 e. The van der Waals surface area contributed by atoms with Gasteiger partial charge in [-0.1, -0.05) is 48.5 Å². The van der Waals surface area contributed by atoms with E-state index >= 15 is 0 Å². The Bertz CT molecular complexity index is 1100. The van der Waals surface area contributed by atoms with Crippen LogP contribution in [0.25, 0.3) is 11.1 Å². The Labute approximate surface area is 199 Å². The highest BCUT2D eigenvalue weighted by Crippen LogP contribution is 2.44. The Hall–Kier alpha value is -3.35. The smallest absolute Gasteiger partial charge is 0.408 e. The summed E-state index contributed by atoms with van der Waals surface area (Å²) in [4.78, 5) is 39.9. The van der Waals surface area contributed by atoms with Crippen molar-refractivity contribution in [1.29, 1.82) is 0 Å². The number of carboxylic acids is 1. The van der Waals surface area contributed by atoms with E-state index < -0.39 is 23.1 Å². The number of rotatable bonds is 5. The van der Waals surface area contributed by atoms with E-state index in [-0.39, 0.29) is 18.4 Å². The molecule has 1 atom stereocenters. The van der Waals surface area contributed by atoms with Gasteiger partial charge in [0.05, 0.1) is 0 Å². The van der Waals surface area contributed by atoms with Crippen molar-refractivity contribution in [2.75, 3.05) is 13.2 Å². The summed E-state index contributed by atoms with van der Waals surface area (Å²) in [6.07, 6.45) is 3.07. The molecule has 2 amide bonds. The molecule has 2 N–H and O–H groups in total. The van der Waals surface area contributed by atoms with Crippen LogP contribution >= 0.6 is 0 Å². The Kier molecular flexibility index (Phi) is 5.58. The first-order valence-electron chi connectivity index (χ1n) is 12.0. The molecule has 0 radical (unpaired) electrons. The monoisotopic (exact) mass is 462 g/mol. The third-order valence-electron chi connectivity index (χ3n) is 7.90. The first-order chi connectivity index (χ1) is 16.4. The zero-order chi connectivity index (χ0) is 23.9. The maximum atomic E-state index is 13.5. The number of hydrogen-bond acceptors (Lipinski definition) is 4. The molecule has 7 nitrogen and oxygen atoms in total. The summed E-state index contributed by atoms with van der Waals surface area (Å²) in [7, 11) is 0. The van der Waals surface area contributed by atoms with E-state index in [1.54, 1.807) is 6.92 Å². The van der Waals surface area contributed by atoms with Crippen LogP contribution in [0.1, 0.15) is 62.5 Å². The van der Waals surface area contributed by atoms with Gasteiger partial charge in [0.1, 0.15) is 17.7 Å². The van der Waals surface area contributed by atoms with Gasteiger partial charge in [0.2, 0.25) is 5.91 Å². The molecule has 2 aromatic carbocycles. The number of benzene rings is 2. The quantitative estimate of drug-likeness (QED) is 0.691. The highest BCUT2D eigenvalue weighted by molar-refractivity contribution is 5.95. The largest absolute Gasteiger partial charge is 0.480 e. The second-order valence-corrected chi connectivity index (χ2v) is 9.88.